The highest BCUT2D eigenvalue weighted by atomic mass is 16.5. The Balaban J connectivity index is 1.07. The van der Waals surface area contributed by atoms with Crippen molar-refractivity contribution in [2.45, 2.75) is 76.3 Å². The van der Waals surface area contributed by atoms with Crippen LogP contribution in [0.15, 0.2) is 24.5 Å². The number of nitrogens with two attached hydrogens (primary N) is 1. The minimum absolute atomic E-state index is 0.316. The SMILES string of the molecule is COCCCN1CCN([C@H]2CC[C@H](n3nc(-c4ccc5nc(CC6CCCC6)[nH]c5c4)c4c(N)ncnc43)CC2)CC1. The first-order valence-electron chi connectivity index (χ1n) is 16.1. The summed E-state index contributed by atoms with van der Waals surface area (Å²) in [5.74, 6) is 2.34. The highest BCUT2D eigenvalue weighted by Crippen LogP contribution is 2.38. The number of aromatic nitrogens is 6. The monoisotopic (exact) mass is 571 g/mol. The number of nitrogens with one attached hydrogen (secondary N) is 1. The van der Waals surface area contributed by atoms with Crippen molar-refractivity contribution in [1.82, 2.24) is 39.5 Å². The highest BCUT2D eigenvalue weighted by molar-refractivity contribution is 5.99. The van der Waals surface area contributed by atoms with Crippen LogP contribution in [0.4, 0.5) is 5.82 Å². The van der Waals surface area contributed by atoms with Crippen molar-refractivity contribution in [3.8, 4) is 11.3 Å². The fourth-order valence-corrected chi connectivity index (χ4v) is 7.70. The summed E-state index contributed by atoms with van der Waals surface area (Å²) >= 11 is 0. The number of anilines is 1. The average Bonchev–Trinajstić information content (AvgIpc) is 3.77. The Bertz CT molecular complexity index is 1490. The molecule has 10 heteroatoms. The molecule has 4 aromatic rings. The van der Waals surface area contributed by atoms with Crippen LogP contribution in [0, 0.1) is 5.92 Å². The van der Waals surface area contributed by atoms with Gasteiger partial charge in [0.25, 0.3) is 0 Å². The maximum atomic E-state index is 6.47. The van der Waals surface area contributed by atoms with Gasteiger partial charge in [-0.25, -0.2) is 19.6 Å². The summed E-state index contributed by atoms with van der Waals surface area (Å²) in [6.45, 7) is 6.65. The second-order valence-corrected chi connectivity index (χ2v) is 12.7. The zero-order chi connectivity index (χ0) is 28.5. The van der Waals surface area contributed by atoms with Crippen LogP contribution in [0.5, 0.6) is 0 Å². The predicted octanol–water partition coefficient (Wildman–Crippen LogP) is 4.82. The Hall–Kier alpha value is -3.08. The number of nitrogens with zero attached hydrogens (tertiary/aromatic N) is 7. The summed E-state index contributed by atoms with van der Waals surface area (Å²) in [5, 5.41) is 6.05. The molecule has 0 amide bonds. The Morgan fingerprint density at radius 2 is 1.76 bits per heavy atom. The number of imidazole rings is 1. The number of H-pyrrole nitrogens is 1. The summed E-state index contributed by atoms with van der Waals surface area (Å²) < 4.78 is 7.38. The molecular weight excluding hydrogens is 526 g/mol. The van der Waals surface area contributed by atoms with Crippen LogP contribution < -0.4 is 5.73 Å². The molecule has 3 aromatic heterocycles. The Morgan fingerprint density at radius 3 is 2.55 bits per heavy atom. The molecule has 1 aromatic carbocycles. The van der Waals surface area contributed by atoms with Gasteiger partial charge in [-0.2, -0.15) is 5.10 Å². The second-order valence-electron chi connectivity index (χ2n) is 12.7. The topological polar surface area (TPSA) is 114 Å². The third-order valence-electron chi connectivity index (χ3n) is 10.0. The van der Waals surface area contributed by atoms with E-state index in [1.54, 1.807) is 13.4 Å². The van der Waals surface area contributed by atoms with Gasteiger partial charge < -0.3 is 20.4 Å². The van der Waals surface area contributed by atoms with Crippen LogP contribution in [0.3, 0.4) is 0 Å². The van der Waals surface area contributed by atoms with Crippen molar-refractivity contribution in [3.05, 3.63) is 30.4 Å². The fourth-order valence-electron chi connectivity index (χ4n) is 7.70. The number of hydrogen-bond acceptors (Lipinski definition) is 8. The lowest BCUT2D eigenvalue weighted by molar-refractivity contribution is 0.0662. The van der Waals surface area contributed by atoms with Crippen LogP contribution >= 0.6 is 0 Å². The van der Waals surface area contributed by atoms with Crippen molar-refractivity contribution < 1.29 is 4.74 Å². The lowest BCUT2D eigenvalue weighted by Crippen LogP contribution is -2.51. The molecule has 1 aliphatic heterocycles. The maximum Gasteiger partial charge on any atom is 0.164 e. The quantitative estimate of drug-likeness (QED) is 0.275. The molecule has 3 aliphatic rings. The molecular formula is C32H45N9O. The largest absolute Gasteiger partial charge is 0.385 e. The summed E-state index contributed by atoms with van der Waals surface area (Å²) in [6, 6.07) is 7.37. The normalized spacial score (nSPS) is 23.0. The minimum Gasteiger partial charge on any atom is -0.385 e. The van der Waals surface area contributed by atoms with Crippen LogP contribution in [0.1, 0.15) is 69.7 Å². The Labute approximate surface area is 248 Å². The number of fused-ring (bicyclic) bond motifs is 2. The number of hydrogen-bond donors (Lipinski definition) is 2. The summed E-state index contributed by atoms with van der Waals surface area (Å²) in [4.78, 5) is 22.8. The molecule has 0 spiro atoms. The predicted molar refractivity (Wildman–Crippen MR) is 166 cm³/mol. The van der Waals surface area contributed by atoms with Gasteiger partial charge in [-0.1, -0.05) is 31.7 Å². The Kier molecular flexibility index (Phi) is 8.10. The smallest absolute Gasteiger partial charge is 0.164 e. The number of benzene rings is 1. The number of aromatic amines is 1. The van der Waals surface area contributed by atoms with Gasteiger partial charge >= 0.3 is 0 Å². The van der Waals surface area contributed by atoms with Gasteiger partial charge in [-0.05, 0) is 50.2 Å². The van der Waals surface area contributed by atoms with Crippen molar-refractivity contribution in [2.75, 3.05) is 52.2 Å². The molecule has 2 aliphatic carbocycles. The maximum absolute atomic E-state index is 6.47. The van der Waals surface area contributed by atoms with Crippen LogP contribution in [0.25, 0.3) is 33.3 Å². The van der Waals surface area contributed by atoms with Crippen LogP contribution in [-0.2, 0) is 11.2 Å². The standard InChI is InChI=1S/C32H45N9O/c1-42-18-4-13-39-14-16-40(17-15-39)24-8-10-25(11-9-24)41-32-29(31(33)34-21-35-32)30(38-41)23-7-12-26-27(20-23)37-28(36-26)19-22-5-2-3-6-22/h7,12,20-22,24-25H,2-6,8-11,13-19H2,1H3,(H,36,37)(H2,33,34,35)/t24-,25-. The molecule has 0 radical (unpaired) electrons. The number of piperazine rings is 1. The summed E-state index contributed by atoms with van der Waals surface area (Å²) in [5.41, 5.74) is 11.3. The third-order valence-corrected chi connectivity index (χ3v) is 10.0. The van der Waals surface area contributed by atoms with E-state index in [0.29, 0.717) is 17.9 Å². The first-order valence-corrected chi connectivity index (χ1v) is 16.1. The number of rotatable bonds is 9. The Morgan fingerprint density at radius 1 is 0.976 bits per heavy atom. The molecule has 1 saturated heterocycles. The fraction of sp³-hybridized carbons (Fsp3) is 0.625. The molecule has 3 fully saturated rings. The second kappa shape index (κ2) is 12.3. The lowest BCUT2D eigenvalue weighted by Gasteiger charge is -2.42. The molecule has 224 valence electrons. The zero-order valence-corrected chi connectivity index (χ0v) is 25.0. The van der Waals surface area contributed by atoms with Crippen LogP contribution in [-0.4, -0.2) is 92.0 Å². The lowest BCUT2D eigenvalue weighted by atomic mass is 9.90. The van der Waals surface area contributed by atoms with Gasteiger partial charge in [0.05, 0.1) is 22.5 Å². The van der Waals surface area contributed by atoms with Gasteiger partial charge in [0.2, 0.25) is 0 Å². The van der Waals surface area contributed by atoms with Gasteiger partial charge in [0.1, 0.15) is 23.7 Å². The van der Waals surface area contributed by atoms with Crippen molar-refractivity contribution in [3.63, 3.8) is 0 Å². The molecule has 0 bridgehead atoms. The van der Waals surface area contributed by atoms with E-state index >= 15 is 0 Å². The van der Waals surface area contributed by atoms with Crippen molar-refractivity contribution >= 4 is 27.9 Å². The van der Waals surface area contributed by atoms with E-state index in [4.69, 9.17) is 25.5 Å². The molecule has 10 nitrogen and oxygen atoms in total. The van der Waals surface area contributed by atoms with Gasteiger partial charge in [-0.3, -0.25) is 4.90 Å². The van der Waals surface area contributed by atoms with E-state index in [0.717, 1.165) is 97.0 Å². The van der Waals surface area contributed by atoms with Gasteiger partial charge in [0.15, 0.2) is 5.65 Å². The summed E-state index contributed by atoms with van der Waals surface area (Å²) in [6.07, 6.45) is 13.6. The van der Waals surface area contributed by atoms with E-state index in [2.05, 4.69) is 42.6 Å². The van der Waals surface area contributed by atoms with E-state index < -0.39 is 0 Å². The molecule has 0 atom stereocenters. The first-order chi connectivity index (χ1) is 20.7. The highest BCUT2D eigenvalue weighted by Gasteiger charge is 2.31. The van der Waals surface area contributed by atoms with Crippen LogP contribution in [0.2, 0.25) is 0 Å². The van der Waals surface area contributed by atoms with Gasteiger partial charge in [0, 0.05) is 64.5 Å². The molecule has 3 N–H and O–H groups in total. The number of methoxy groups -OCH3 is 1. The zero-order valence-electron chi connectivity index (χ0n) is 25.0. The van der Waals surface area contributed by atoms with E-state index in [9.17, 15) is 0 Å². The number of ether oxygens (including phenoxy) is 1. The first kappa shape index (κ1) is 27.7. The molecule has 7 rings (SSSR count). The average molecular weight is 572 g/mol. The summed E-state index contributed by atoms with van der Waals surface area (Å²) in [7, 11) is 1.79. The third kappa shape index (κ3) is 5.64. The van der Waals surface area contributed by atoms with Crippen molar-refractivity contribution in [2.24, 2.45) is 5.92 Å². The van der Waals surface area contributed by atoms with E-state index in [1.807, 2.05) is 0 Å². The number of nitrogen functional groups attached to an aromatic ring is 1. The molecule has 2 saturated carbocycles. The minimum atomic E-state index is 0.316. The molecule has 4 heterocycles. The van der Waals surface area contributed by atoms with Gasteiger partial charge in [-0.15, -0.1) is 0 Å². The van der Waals surface area contributed by atoms with E-state index in [-0.39, 0.29) is 0 Å². The van der Waals surface area contributed by atoms with E-state index in [1.165, 1.54) is 51.6 Å². The van der Waals surface area contributed by atoms with Crippen molar-refractivity contribution in [1.29, 1.82) is 0 Å². The molecule has 42 heavy (non-hydrogen) atoms. The molecule has 0 unspecified atom stereocenters.